The van der Waals surface area contributed by atoms with Crippen LogP contribution >= 0.6 is 11.8 Å². The molecule has 92 valence electrons. The summed E-state index contributed by atoms with van der Waals surface area (Å²) in [5.74, 6) is -0.171. The lowest BCUT2D eigenvalue weighted by molar-refractivity contribution is 0.0746. The molecule has 0 bridgehead atoms. The Morgan fingerprint density at radius 3 is 2.65 bits per heavy atom. The Morgan fingerprint density at radius 1 is 1.24 bits per heavy atom. The maximum absolute atomic E-state index is 11.7. The van der Waals surface area contributed by atoms with Gasteiger partial charge in [-0.05, 0) is 25.0 Å². The zero-order chi connectivity index (χ0) is 12.1. The largest absolute Gasteiger partial charge is 0.525 e. The van der Waals surface area contributed by atoms with Gasteiger partial charge in [-0.2, -0.15) is 0 Å². The fourth-order valence-corrected chi connectivity index (χ4v) is 3.79. The summed E-state index contributed by atoms with van der Waals surface area (Å²) in [4.78, 5) is 12.8. The van der Waals surface area contributed by atoms with Gasteiger partial charge in [-0.25, -0.2) is 4.79 Å². The zero-order valence-electron chi connectivity index (χ0n) is 10.1. The van der Waals surface area contributed by atoms with E-state index in [0.717, 1.165) is 10.5 Å². The summed E-state index contributed by atoms with van der Waals surface area (Å²) in [5, 5.41) is 0.673. The lowest BCUT2D eigenvalue weighted by atomic mass is 10.0. The van der Waals surface area contributed by atoms with Gasteiger partial charge in [0.1, 0.15) is 0 Å². The van der Waals surface area contributed by atoms with Crippen molar-refractivity contribution in [1.82, 2.24) is 0 Å². The molecular formula is C13H18O2SSi. The molecule has 4 heteroatoms. The highest BCUT2D eigenvalue weighted by Gasteiger charge is 2.18. The van der Waals surface area contributed by atoms with Crippen molar-refractivity contribution in [3.63, 3.8) is 0 Å². The molecule has 0 spiro atoms. The van der Waals surface area contributed by atoms with E-state index < -0.39 is 0 Å². The van der Waals surface area contributed by atoms with Gasteiger partial charge in [0.05, 0.1) is 5.56 Å². The van der Waals surface area contributed by atoms with Crippen LogP contribution in [0.3, 0.4) is 0 Å². The average Bonchev–Trinajstić information content (AvgIpc) is 2.40. The Hall–Kier alpha value is -0.743. The third kappa shape index (κ3) is 3.36. The van der Waals surface area contributed by atoms with E-state index in [4.69, 9.17) is 4.43 Å². The number of carbonyl (C=O) groups excluding carboxylic acids is 1. The van der Waals surface area contributed by atoms with E-state index in [9.17, 15) is 4.79 Å². The molecule has 1 aliphatic rings. The highest BCUT2D eigenvalue weighted by Crippen LogP contribution is 2.35. The van der Waals surface area contributed by atoms with E-state index in [-0.39, 0.29) is 5.97 Å². The van der Waals surface area contributed by atoms with Gasteiger partial charge in [0.2, 0.25) is 10.5 Å². The van der Waals surface area contributed by atoms with E-state index >= 15 is 0 Å². The van der Waals surface area contributed by atoms with Crippen LogP contribution < -0.4 is 0 Å². The van der Waals surface area contributed by atoms with Crippen molar-refractivity contribution < 1.29 is 9.22 Å². The molecule has 0 radical (unpaired) electrons. The molecule has 1 aliphatic carbocycles. The van der Waals surface area contributed by atoms with Gasteiger partial charge < -0.3 is 4.43 Å². The molecule has 0 saturated heterocycles. The van der Waals surface area contributed by atoms with E-state index in [0.29, 0.717) is 15.7 Å². The fourth-order valence-electron chi connectivity index (χ4n) is 2.21. The summed E-state index contributed by atoms with van der Waals surface area (Å²) in [6, 6.07) is 7.80. The van der Waals surface area contributed by atoms with Gasteiger partial charge in [-0.3, -0.25) is 0 Å². The average molecular weight is 266 g/mol. The second-order valence-corrected chi connectivity index (χ2v) is 6.12. The highest BCUT2D eigenvalue weighted by molar-refractivity contribution is 8.00. The van der Waals surface area contributed by atoms with Crippen LogP contribution in [0.15, 0.2) is 29.2 Å². The first-order valence-corrected chi connectivity index (χ1v) is 7.85. The van der Waals surface area contributed by atoms with Crippen LogP contribution in [-0.2, 0) is 4.43 Å². The first-order valence-electron chi connectivity index (χ1n) is 6.15. The van der Waals surface area contributed by atoms with E-state index in [1.807, 2.05) is 36.0 Å². The summed E-state index contributed by atoms with van der Waals surface area (Å²) < 4.78 is 4.95. The summed E-state index contributed by atoms with van der Waals surface area (Å²) in [6.07, 6.45) is 6.56. The Morgan fingerprint density at radius 2 is 1.94 bits per heavy atom. The molecule has 1 aromatic carbocycles. The van der Waals surface area contributed by atoms with Gasteiger partial charge in [0.25, 0.3) is 0 Å². The maximum atomic E-state index is 11.7. The predicted molar refractivity (Wildman–Crippen MR) is 74.5 cm³/mol. The molecule has 17 heavy (non-hydrogen) atoms. The van der Waals surface area contributed by atoms with Crippen molar-refractivity contribution in [1.29, 1.82) is 0 Å². The van der Waals surface area contributed by atoms with Gasteiger partial charge >= 0.3 is 5.97 Å². The topological polar surface area (TPSA) is 26.3 Å². The van der Waals surface area contributed by atoms with Crippen LogP contribution in [0.5, 0.6) is 0 Å². The lowest BCUT2D eigenvalue weighted by Crippen LogP contribution is -2.10. The molecule has 0 N–H and O–H groups in total. The normalized spacial score (nSPS) is 16.9. The molecule has 2 nitrogen and oxygen atoms in total. The molecule has 1 fully saturated rings. The summed E-state index contributed by atoms with van der Waals surface area (Å²) >= 11 is 1.85. The minimum Gasteiger partial charge on any atom is -0.525 e. The number of rotatable bonds is 3. The second-order valence-electron chi connectivity index (χ2n) is 4.37. The molecule has 0 amide bonds. The van der Waals surface area contributed by atoms with Crippen molar-refractivity contribution in [3.05, 3.63) is 29.8 Å². The van der Waals surface area contributed by atoms with Crippen LogP contribution in [-0.4, -0.2) is 21.7 Å². The minimum absolute atomic E-state index is 0.171. The SMILES string of the molecule is O=C(O[SiH3])c1ccccc1SC1CCCCC1. The van der Waals surface area contributed by atoms with Crippen molar-refractivity contribution in [3.8, 4) is 0 Å². The van der Waals surface area contributed by atoms with E-state index in [1.54, 1.807) is 0 Å². The molecule has 2 rings (SSSR count). The summed E-state index contributed by atoms with van der Waals surface area (Å²) in [7, 11) is 0.459. The van der Waals surface area contributed by atoms with Crippen molar-refractivity contribution in [2.24, 2.45) is 0 Å². The molecular weight excluding hydrogens is 248 g/mol. The number of carbonyl (C=O) groups is 1. The summed E-state index contributed by atoms with van der Waals surface area (Å²) in [6.45, 7) is 0. The molecule has 1 aromatic rings. The van der Waals surface area contributed by atoms with Gasteiger partial charge in [-0.15, -0.1) is 11.8 Å². The first kappa shape index (κ1) is 12.7. The van der Waals surface area contributed by atoms with E-state index in [2.05, 4.69) is 0 Å². The number of thioether (sulfide) groups is 1. The Labute approximate surface area is 110 Å². The third-order valence-corrected chi connectivity index (χ3v) is 4.92. The molecule has 0 aromatic heterocycles. The smallest absolute Gasteiger partial charge is 0.325 e. The van der Waals surface area contributed by atoms with Crippen LogP contribution in [0.4, 0.5) is 0 Å². The first-order chi connectivity index (χ1) is 8.31. The number of hydrogen-bond acceptors (Lipinski definition) is 3. The Kier molecular flexibility index (Phi) is 4.68. The predicted octanol–water partition coefficient (Wildman–Crippen LogP) is 2.55. The Bertz CT molecular complexity index is 389. The molecule has 0 unspecified atom stereocenters. The maximum Gasteiger partial charge on any atom is 0.325 e. The number of hydrogen-bond donors (Lipinski definition) is 0. The second kappa shape index (κ2) is 6.26. The van der Waals surface area contributed by atoms with Gasteiger partial charge in [-0.1, -0.05) is 31.4 Å². The van der Waals surface area contributed by atoms with Crippen molar-refractivity contribution in [2.75, 3.05) is 0 Å². The Balaban J connectivity index is 2.11. The lowest BCUT2D eigenvalue weighted by Gasteiger charge is -2.21. The van der Waals surface area contributed by atoms with Gasteiger partial charge in [0, 0.05) is 10.1 Å². The van der Waals surface area contributed by atoms with Crippen molar-refractivity contribution in [2.45, 2.75) is 42.2 Å². The number of benzene rings is 1. The van der Waals surface area contributed by atoms with Gasteiger partial charge in [0.15, 0.2) is 0 Å². The van der Waals surface area contributed by atoms with Crippen LogP contribution in [0, 0.1) is 0 Å². The van der Waals surface area contributed by atoms with Crippen LogP contribution in [0.25, 0.3) is 0 Å². The molecule has 0 aliphatic heterocycles. The standard InChI is InChI=1S/C13H18O2SSi/c14-13(15-17)11-8-4-5-9-12(11)16-10-6-2-1-3-7-10/h4-5,8-10H,1-3,6-7H2,17H3. The molecule has 1 saturated carbocycles. The third-order valence-electron chi connectivity index (χ3n) is 3.14. The fraction of sp³-hybridized carbons (Fsp3) is 0.462. The van der Waals surface area contributed by atoms with E-state index in [1.165, 1.54) is 32.1 Å². The van der Waals surface area contributed by atoms with Crippen LogP contribution in [0.1, 0.15) is 42.5 Å². The molecule has 0 heterocycles. The minimum atomic E-state index is -0.171. The highest BCUT2D eigenvalue weighted by atomic mass is 32.2. The van der Waals surface area contributed by atoms with Crippen molar-refractivity contribution >= 4 is 28.2 Å². The van der Waals surface area contributed by atoms with Crippen LogP contribution in [0.2, 0.25) is 0 Å². The quantitative estimate of drug-likeness (QED) is 0.787. The summed E-state index contributed by atoms with van der Waals surface area (Å²) in [5.41, 5.74) is 0.734. The monoisotopic (exact) mass is 266 g/mol. The zero-order valence-corrected chi connectivity index (χ0v) is 13.0. The molecule has 0 atom stereocenters.